The fourth-order valence-corrected chi connectivity index (χ4v) is 2.12. The first-order valence-electron chi connectivity index (χ1n) is 4.69. The molecular formula is C10H12N2O. The predicted octanol–water partition coefficient (Wildman–Crippen LogP) is 1.47. The highest BCUT2D eigenvalue weighted by Crippen LogP contribution is 2.41. The number of piperidine rings is 1. The monoisotopic (exact) mass is 176 g/mol. The van der Waals surface area contributed by atoms with Crippen molar-refractivity contribution in [3.8, 4) is 6.07 Å². The molecule has 0 aromatic heterocycles. The molecule has 1 atom stereocenters. The lowest BCUT2D eigenvalue weighted by molar-refractivity contribution is -0.122. The second-order valence-electron chi connectivity index (χ2n) is 3.75. The van der Waals surface area contributed by atoms with Crippen molar-refractivity contribution in [1.82, 2.24) is 5.32 Å². The third-order valence-corrected chi connectivity index (χ3v) is 2.94. The SMILES string of the molecule is N#CC12CCCC=C1NC(=O)CC2. The van der Waals surface area contributed by atoms with Crippen LogP contribution in [0.25, 0.3) is 0 Å². The van der Waals surface area contributed by atoms with Gasteiger partial charge in [0, 0.05) is 12.1 Å². The molecule has 68 valence electrons. The number of carbonyl (C=O) groups excluding carboxylic acids is 1. The maximum atomic E-state index is 11.1. The summed E-state index contributed by atoms with van der Waals surface area (Å²) >= 11 is 0. The van der Waals surface area contributed by atoms with E-state index in [1.54, 1.807) is 0 Å². The van der Waals surface area contributed by atoms with Crippen molar-refractivity contribution >= 4 is 5.91 Å². The van der Waals surface area contributed by atoms with Gasteiger partial charge in [-0.05, 0) is 25.7 Å². The third-order valence-electron chi connectivity index (χ3n) is 2.94. The number of allylic oxidation sites excluding steroid dienone is 2. The lowest BCUT2D eigenvalue weighted by Crippen LogP contribution is -2.41. The van der Waals surface area contributed by atoms with Crippen LogP contribution < -0.4 is 5.32 Å². The Bertz CT molecular complexity index is 313. The van der Waals surface area contributed by atoms with Crippen molar-refractivity contribution in [3.63, 3.8) is 0 Å². The van der Waals surface area contributed by atoms with E-state index in [2.05, 4.69) is 11.4 Å². The van der Waals surface area contributed by atoms with Crippen LogP contribution in [0.4, 0.5) is 0 Å². The number of hydrogen-bond donors (Lipinski definition) is 1. The second kappa shape index (κ2) is 2.88. The van der Waals surface area contributed by atoms with Crippen LogP contribution in [-0.4, -0.2) is 5.91 Å². The molecule has 1 saturated heterocycles. The molecule has 2 rings (SSSR count). The predicted molar refractivity (Wildman–Crippen MR) is 47.4 cm³/mol. The normalized spacial score (nSPS) is 32.5. The molecule has 1 aliphatic carbocycles. The summed E-state index contributed by atoms with van der Waals surface area (Å²) in [6.07, 6.45) is 6.14. The zero-order valence-corrected chi connectivity index (χ0v) is 7.47. The maximum Gasteiger partial charge on any atom is 0.224 e. The summed E-state index contributed by atoms with van der Waals surface area (Å²) in [5, 5.41) is 11.9. The molecule has 0 aromatic rings. The van der Waals surface area contributed by atoms with Gasteiger partial charge in [-0.3, -0.25) is 4.79 Å². The molecule has 1 fully saturated rings. The molecule has 0 radical (unpaired) electrons. The first-order valence-corrected chi connectivity index (χ1v) is 4.69. The standard InChI is InChI=1S/C10H12N2O/c11-7-10-5-2-1-3-8(10)12-9(13)4-6-10/h3H,1-2,4-6H2,(H,12,13). The first-order chi connectivity index (χ1) is 6.27. The van der Waals surface area contributed by atoms with E-state index >= 15 is 0 Å². The molecule has 3 heteroatoms. The fourth-order valence-electron chi connectivity index (χ4n) is 2.12. The average molecular weight is 176 g/mol. The van der Waals surface area contributed by atoms with Gasteiger partial charge in [-0.25, -0.2) is 0 Å². The van der Waals surface area contributed by atoms with Gasteiger partial charge in [0.1, 0.15) is 0 Å². The number of fused-ring (bicyclic) bond motifs is 1. The van der Waals surface area contributed by atoms with Crippen LogP contribution >= 0.6 is 0 Å². The Hall–Kier alpha value is -1.30. The average Bonchev–Trinajstić information content (AvgIpc) is 2.18. The van der Waals surface area contributed by atoms with Gasteiger partial charge in [0.05, 0.1) is 11.5 Å². The van der Waals surface area contributed by atoms with Gasteiger partial charge in [-0.1, -0.05) is 6.08 Å². The van der Waals surface area contributed by atoms with Crippen LogP contribution in [-0.2, 0) is 4.79 Å². The molecular weight excluding hydrogens is 164 g/mol. The zero-order valence-electron chi connectivity index (χ0n) is 7.47. The third kappa shape index (κ3) is 1.23. The Labute approximate surface area is 77.4 Å². The molecule has 0 aromatic carbocycles. The van der Waals surface area contributed by atoms with E-state index in [4.69, 9.17) is 5.26 Å². The van der Waals surface area contributed by atoms with E-state index in [-0.39, 0.29) is 11.3 Å². The van der Waals surface area contributed by atoms with Crippen molar-refractivity contribution in [2.45, 2.75) is 32.1 Å². The quantitative estimate of drug-likeness (QED) is 0.607. The minimum Gasteiger partial charge on any atom is -0.328 e. The Kier molecular flexibility index (Phi) is 1.84. The molecule has 13 heavy (non-hydrogen) atoms. The first kappa shape index (κ1) is 8.31. The summed E-state index contributed by atoms with van der Waals surface area (Å²) in [6.45, 7) is 0. The molecule has 1 aliphatic heterocycles. The molecule has 1 N–H and O–H groups in total. The second-order valence-corrected chi connectivity index (χ2v) is 3.75. The summed E-state index contributed by atoms with van der Waals surface area (Å²) in [4.78, 5) is 11.1. The summed E-state index contributed by atoms with van der Waals surface area (Å²) < 4.78 is 0. The minimum absolute atomic E-state index is 0.0547. The summed E-state index contributed by atoms with van der Waals surface area (Å²) in [6, 6.07) is 2.36. The molecule has 1 unspecified atom stereocenters. The number of hydrogen-bond acceptors (Lipinski definition) is 2. The molecule has 1 heterocycles. The number of carbonyl (C=O) groups is 1. The van der Waals surface area contributed by atoms with Crippen LogP contribution in [0, 0.1) is 16.7 Å². The van der Waals surface area contributed by atoms with Gasteiger partial charge in [-0.15, -0.1) is 0 Å². The number of nitrogens with zero attached hydrogens (tertiary/aromatic N) is 1. The lowest BCUT2D eigenvalue weighted by Gasteiger charge is -2.36. The van der Waals surface area contributed by atoms with E-state index < -0.39 is 0 Å². The van der Waals surface area contributed by atoms with Crippen LogP contribution in [0.1, 0.15) is 32.1 Å². The van der Waals surface area contributed by atoms with Crippen LogP contribution in [0.5, 0.6) is 0 Å². The largest absolute Gasteiger partial charge is 0.328 e. The van der Waals surface area contributed by atoms with E-state index in [0.717, 1.165) is 25.0 Å². The van der Waals surface area contributed by atoms with Crippen LogP contribution in [0.3, 0.4) is 0 Å². The van der Waals surface area contributed by atoms with E-state index in [1.807, 2.05) is 6.08 Å². The van der Waals surface area contributed by atoms with Crippen molar-refractivity contribution < 1.29 is 4.79 Å². The van der Waals surface area contributed by atoms with Gasteiger partial charge in [0.15, 0.2) is 0 Å². The Morgan fingerprint density at radius 1 is 1.54 bits per heavy atom. The van der Waals surface area contributed by atoms with Crippen molar-refractivity contribution in [2.24, 2.45) is 5.41 Å². The van der Waals surface area contributed by atoms with Crippen molar-refractivity contribution in [2.75, 3.05) is 0 Å². The van der Waals surface area contributed by atoms with E-state index in [9.17, 15) is 4.79 Å². The Balaban J connectivity index is 2.33. The molecule has 2 aliphatic rings. The smallest absolute Gasteiger partial charge is 0.224 e. The van der Waals surface area contributed by atoms with Crippen LogP contribution in [0.2, 0.25) is 0 Å². The van der Waals surface area contributed by atoms with Crippen molar-refractivity contribution in [1.29, 1.82) is 5.26 Å². The van der Waals surface area contributed by atoms with Crippen molar-refractivity contribution in [3.05, 3.63) is 11.8 Å². The summed E-state index contributed by atoms with van der Waals surface area (Å²) in [5.41, 5.74) is 0.490. The molecule has 0 bridgehead atoms. The number of nitriles is 1. The fraction of sp³-hybridized carbons (Fsp3) is 0.600. The summed E-state index contributed by atoms with van der Waals surface area (Å²) in [7, 11) is 0. The topological polar surface area (TPSA) is 52.9 Å². The van der Waals surface area contributed by atoms with Crippen LogP contribution in [0.15, 0.2) is 11.8 Å². The lowest BCUT2D eigenvalue weighted by atomic mass is 9.72. The van der Waals surface area contributed by atoms with Gasteiger partial charge >= 0.3 is 0 Å². The van der Waals surface area contributed by atoms with Gasteiger partial charge in [0.2, 0.25) is 5.91 Å². The summed E-state index contributed by atoms with van der Waals surface area (Å²) in [5.74, 6) is 0.0547. The molecule has 3 nitrogen and oxygen atoms in total. The Morgan fingerprint density at radius 3 is 3.15 bits per heavy atom. The number of amides is 1. The molecule has 0 spiro atoms. The zero-order chi connectivity index (χ0) is 9.31. The molecule has 0 saturated carbocycles. The highest BCUT2D eigenvalue weighted by molar-refractivity contribution is 5.80. The maximum absolute atomic E-state index is 11.1. The highest BCUT2D eigenvalue weighted by Gasteiger charge is 2.40. The molecule has 1 amide bonds. The van der Waals surface area contributed by atoms with E-state index in [1.165, 1.54) is 0 Å². The van der Waals surface area contributed by atoms with Gasteiger partial charge in [0.25, 0.3) is 0 Å². The minimum atomic E-state index is -0.369. The number of nitrogens with one attached hydrogen (secondary N) is 1. The highest BCUT2D eigenvalue weighted by atomic mass is 16.1. The number of rotatable bonds is 0. The van der Waals surface area contributed by atoms with Gasteiger partial charge in [-0.2, -0.15) is 5.26 Å². The van der Waals surface area contributed by atoms with E-state index in [0.29, 0.717) is 12.8 Å². The Morgan fingerprint density at radius 2 is 2.38 bits per heavy atom. The van der Waals surface area contributed by atoms with Gasteiger partial charge < -0.3 is 5.32 Å².